The van der Waals surface area contributed by atoms with E-state index in [1.165, 1.54) is 12.3 Å². The Balaban J connectivity index is 2.91. The number of hydrogen-bond acceptors (Lipinski definition) is 3. The number of carbonyl (C=O) groups is 2. The number of urea groups is 1. The summed E-state index contributed by atoms with van der Waals surface area (Å²) in [5, 5.41) is 11.7. The molecular formula is C14H21N3O3. The molecule has 0 radical (unpaired) electrons. The van der Waals surface area contributed by atoms with Crippen LogP contribution in [0, 0.1) is 5.92 Å². The molecule has 0 atom stereocenters. The molecule has 0 saturated carbocycles. The Bertz CT molecular complexity index is 486. The molecule has 0 aromatic carbocycles. The third-order valence-electron chi connectivity index (χ3n) is 2.70. The molecule has 6 nitrogen and oxygen atoms in total. The molecule has 0 aliphatic rings. The van der Waals surface area contributed by atoms with Gasteiger partial charge in [-0.25, -0.2) is 14.6 Å². The van der Waals surface area contributed by atoms with Gasteiger partial charge in [0.05, 0.1) is 5.69 Å². The Kier molecular flexibility index (Phi) is 5.49. The number of carboxylic acid groups (broad SMARTS) is 1. The van der Waals surface area contributed by atoms with E-state index >= 15 is 0 Å². The lowest BCUT2D eigenvalue weighted by Crippen LogP contribution is -2.42. The highest BCUT2D eigenvalue weighted by Gasteiger charge is 2.20. The predicted octanol–water partition coefficient (Wildman–Crippen LogP) is 2.68. The van der Waals surface area contributed by atoms with Crippen LogP contribution in [0.25, 0.3) is 0 Å². The monoisotopic (exact) mass is 279 g/mol. The highest BCUT2D eigenvalue weighted by Crippen LogP contribution is 2.14. The molecule has 6 heteroatoms. The van der Waals surface area contributed by atoms with E-state index in [0.29, 0.717) is 12.5 Å². The second-order valence-electron chi connectivity index (χ2n) is 5.27. The molecule has 2 N–H and O–H groups in total. The Morgan fingerprint density at radius 3 is 2.50 bits per heavy atom. The summed E-state index contributed by atoms with van der Waals surface area (Å²) in [5.74, 6) is -0.836. The van der Waals surface area contributed by atoms with Crippen LogP contribution >= 0.6 is 0 Å². The van der Waals surface area contributed by atoms with Gasteiger partial charge in [0, 0.05) is 18.8 Å². The smallest absolute Gasteiger partial charge is 0.356 e. The van der Waals surface area contributed by atoms with Crippen LogP contribution in [0.4, 0.5) is 10.5 Å². The number of rotatable bonds is 5. The van der Waals surface area contributed by atoms with E-state index in [4.69, 9.17) is 5.11 Å². The molecule has 20 heavy (non-hydrogen) atoms. The Morgan fingerprint density at radius 2 is 2.00 bits per heavy atom. The van der Waals surface area contributed by atoms with Crippen molar-refractivity contribution in [3.63, 3.8) is 0 Å². The summed E-state index contributed by atoms with van der Waals surface area (Å²) < 4.78 is 0. The maximum Gasteiger partial charge on any atom is 0.356 e. The lowest BCUT2D eigenvalue weighted by atomic mass is 10.2. The van der Waals surface area contributed by atoms with Crippen LogP contribution in [0.3, 0.4) is 0 Å². The highest BCUT2D eigenvalue weighted by atomic mass is 16.4. The van der Waals surface area contributed by atoms with Crippen LogP contribution in [0.1, 0.15) is 38.2 Å². The highest BCUT2D eigenvalue weighted by molar-refractivity contribution is 5.98. The van der Waals surface area contributed by atoms with Crippen LogP contribution in [0.5, 0.6) is 0 Å². The van der Waals surface area contributed by atoms with Crippen molar-refractivity contribution in [2.75, 3.05) is 11.9 Å². The first-order valence-corrected chi connectivity index (χ1v) is 6.58. The number of aromatic nitrogens is 1. The van der Waals surface area contributed by atoms with Crippen molar-refractivity contribution in [3.8, 4) is 0 Å². The zero-order valence-corrected chi connectivity index (χ0v) is 12.3. The van der Waals surface area contributed by atoms with Gasteiger partial charge in [-0.15, -0.1) is 0 Å². The van der Waals surface area contributed by atoms with Gasteiger partial charge < -0.3 is 15.3 Å². The number of hydrogen-bond donors (Lipinski definition) is 2. The van der Waals surface area contributed by atoms with E-state index in [1.54, 1.807) is 11.0 Å². The molecule has 1 aromatic heterocycles. The third kappa shape index (κ3) is 4.22. The number of carboxylic acids is 1. The number of amides is 2. The van der Waals surface area contributed by atoms with Crippen molar-refractivity contribution in [1.82, 2.24) is 9.88 Å². The second kappa shape index (κ2) is 6.88. The summed E-state index contributed by atoms with van der Waals surface area (Å²) >= 11 is 0. The first-order valence-electron chi connectivity index (χ1n) is 6.58. The molecule has 0 bridgehead atoms. The topological polar surface area (TPSA) is 82.5 Å². The van der Waals surface area contributed by atoms with Gasteiger partial charge in [0.2, 0.25) is 0 Å². The van der Waals surface area contributed by atoms with Crippen molar-refractivity contribution in [2.24, 2.45) is 5.92 Å². The fourth-order valence-electron chi connectivity index (χ4n) is 1.79. The Hall–Kier alpha value is -2.11. The molecule has 2 amide bonds. The maximum absolute atomic E-state index is 12.3. The van der Waals surface area contributed by atoms with Gasteiger partial charge in [-0.05, 0) is 31.9 Å². The number of pyridine rings is 1. The lowest BCUT2D eigenvalue weighted by Gasteiger charge is -2.28. The van der Waals surface area contributed by atoms with Crippen LogP contribution in [0.2, 0.25) is 0 Å². The van der Waals surface area contributed by atoms with Gasteiger partial charge in [0.1, 0.15) is 0 Å². The van der Waals surface area contributed by atoms with Crippen molar-refractivity contribution in [2.45, 2.75) is 33.7 Å². The van der Waals surface area contributed by atoms with Crippen LogP contribution in [-0.2, 0) is 0 Å². The van der Waals surface area contributed by atoms with Gasteiger partial charge in [0.25, 0.3) is 0 Å². The summed E-state index contributed by atoms with van der Waals surface area (Å²) in [6.45, 7) is 8.49. The van der Waals surface area contributed by atoms with Gasteiger partial charge >= 0.3 is 12.0 Å². The van der Waals surface area contributed by atoms with Gasteiger partial charge in [-0.1, -0.05) is 13.8 Å². The molecule has 0 fully saturated rings. The van der Waals surface area contributed by atoms with Gasteiger partial charge in [-0.3, -0.25) is 0 Å². The standard InChI is InChI=1S/C14H21N3O3/c1-9(2)8-17(10(3)4)14(20)16-11-6-5-7-15-12(11)13(18)19/h5-7,9-10H,8H2,1-4H3,(H,16,20)(H,18,19). The minimum absolute atomic E-state index is 0.0300. The summed E-state index contributed by atoms with van der Waals surface area (Å²) in [6, 6.07) is 2.83. The molecule has 1 aromatic rings. The first kappa shape index (κ1) is 15.9. The van der Waals surface area contributed by atoms with E-state index < -0.39 is 5.97 Å². The average Bonchev–Trinajstić information content (AvgIpc) is 2.35. The molecule has 0 aliphatic carbocycles. The van der Waals surface area contributed by atoms with E-state index in [-0.39, 0.29) is 23.5 Å². The molecule has 0 spiro atoms. The summed E-state index contributed by atoms with van der Waals surface area (Å²) in [5.41, 5.74) is 0.0495. The van der Waals surface area contributed by atoms with Crippen molar-refractivity contribution < 1.29 is 14.7 Å². The number of nitrogens with zero attached hydrogens (tertiary/aromatic N) is 2. The number of carbonyl (C=O) groups excluding carboxylic acids is 1. The number of nitrogens with one attached hydrogen (secondary N) is 1. The summed E-state index contributed by atoms with van der Waals surface area (Å²) in [4.78, 5) is 28.7. The zero-order chi connectivity index (χ0) is 15.3. The van der Waals surface area contributed by atoms with Crippen molar-refractivity contribution >= 4 is 17.7 Å². The largest absolute Gasteiger partial charge is 0.476 e. The van der Waals surface area contributed by atoms with Crippen LogP contribution in [0.15, 0.2) is 18.3 Å². The molecule has 1 rings (SSSR count). The molecule has 0 aliphatic heterocycles. The minimum atomic E-state index is -1.17. The normalized spacial score (nSPS) is 10.7. The van der Waals surface area contributed by atoms with E-state index in [9.17, 15) is 9.59 Å². The van der Waals surface area contributed by atoms with Gasteiger partial charge in [0.15, 0.2) is 5.69 Å². The fraction of sp³-hybridized carbons (Fsp3) is 0.500. The average molecular weight is 279 g/mol. The van der Waals surface area contributed by atoms with Crippen LogP contribution < -0.4 is 5.32 Å². The first-order chi connectivity index (χ1) is 9.32. The van der Waals surface area contributed by atoms with Crippen molar-refractivity contribution in [3.05, 3.63) is 24.0 Å². The molecule has 0 saturated heterocycles. The zero-order valence-electron chi connectivity index (χ0n) is 12.3. The predicted molar refractivity (Wildman–Crippen MR) is 76.9 cm³/mol. The number of aromatic carboxylic acids is 1. The maximum atomic E-state index is 12.3. The fourth-order valence-corrected chi connectivity index (χ4v) is 1.79. The van der Waals surface area contributed by atoms with E-state index in [1.807, 2.05) is 27.7 Å². The quantitative estimate of drug-likeness (QED) is 0.868. The second-order valence-corrected chi connectivity index (χ2v) is 5.27. The Labute approximate surface area is 118 Å². The SMILES string of the molecule is CC(C)CN(C(=O)Nc1cccnc1C(=O)O)C(C)C. The molecule has 1 heterocycles. The van der Waals surface area contributed by atoms with Gasteiger partial charge in [-0.2, -0.15) is 0 Å². The van der Waals surface area contributed by atoms with Crippen molar-refractivity contribution in [1.29, 1.82) is 0 Å². The molecule has 0 unspecified atom stereocenters. The summed E-state index contributed by atoms with van der Waals surface area (Å²) in [7, 11) is 0. The molecular weight excluding hydrogens is 258 g/mol. The third-order valence-corrected chi connectivity index (χ3v) is 2.70. The van der Waals surface area contributed by atoms with E-state index in [0.717, 1.165) is 0 Å². The number of anilines is 1. The van der Waals surface area contributed by atoms with Crippen LogP contribution in [-0.4, -0.2) is 39.6 Å². The molecule has 110 valence electrons. The minimum Gasteiger partial charge on any atom is -0.476 e. The lowest BCUT2D eigenvalue weighted by molar-refractivity contribution is 0.0691. The Morgan fingerprint density at radius 1 is 1.35 bits per heavy atom. The van der Waals surface area contributed by atoms with E-state index in [2.05, 4.69) is 10.3 Å². The summed E-state index contributed by atoms with van der Waals surface area (Å²) in [6.07, 6.45) is 1.38.